The number of nitrogen functional groups attached to an aromatic ring is 1. The summed E-state index contributed by atoms with van der Waals surface area (Å²) >= 11 is 0. The van der Waals surface area contributed by atoms with Crippen LogP contribution in [0.2, 0.25) is 0 Å². The number of hydrogen-bond acceptors (Lipinski definition) is 4. The zero-order valence-electron chi connectivity index (χ0n) is 9.10. The average molecular weight is 230 g/mol. The maximum atomic E-state index is 12.8. The van der Waals surface area contributed by atoms with E-state index in [9.17, 15) is 4.39 Å². The van der Waals surface area contributed by atoms with Gasteiger partial charge in [0.2, 0.25) is 0 Å². The van der Waals surface area contributed by atoms with E-state index in [1.165, 1.54) is 6.07 Å². The molecule has 1 saturated carbocycles. The van der Waals surface area contributed by atoms with Crippen LogP contribution in [0.3, 0.4) is 0 Å². The van der Waals surface area contributed by atoms with Crippen molar-refractivity contribution in [2.24, 2.45) is 0 Å². The van der Waals surface area contributed by atoms with Gasteiger partial charge in [-0.25, -0.2) is 19.3 Å². The third-order valence-electron chi connectivity index (χ3n) is 2.72. The van der Waals surface area contributed by atoms with Crippen molar-refractivity contribution in [3.63, 3.8) is 0 Å². The molecule has 0 spiro atoms. The van der Waals surface area contributed by atoms with Gasteiger partial charge in [0.25, 0.3) is 0 Å². The Morgan fingerprint density at radius 2 is 2.06 bits per heavy atom. The summed E-state index contributed by atoms with van der Waals surface area (Å²) in [7, 11) is 0. The van der Waals surface area contributed by atoms with E-state index in [1.54, 1.807) is 12.1 Å². The Kier molecular flexibility index (Phi) is 2.24. The monoisotopic (exact) mass is 230 g/mol. The maximum Gasteiger partial charge on any atom is 0.180 e. The lowest BCUT2D eigenvalue weighted by molar-refractivity contribution is 0.621. The smallest absolute Gasteiger partial charge is 0.180 e. The summed E-state index contributed by atoms with van der Waals surface area (Å²) < 4.78 is 12.8. The Morgan fingerprint density at radius 3 is 2.71 bits per heavy atom. The van der Waals surface area contributed by atoms with E-state index in [0.29, 0.717) is 23.3 Å². The Balaban J connectivity index is 2.04. The minimum Gasteiger partial charge on any atom is -0.384 e. The molecule has 0 aromatic carbocycles. The van der Waals surface area contributed by atoms with E-state index in [2.05, 4.69) is 15.0 Å². The van der Waals surface area contributed by atoms with Crippen LogP contribution in [-0.2, 0) is 0 Å². The Labute approximate surface area is 97.7 Å². The molecule has 0 bridgehead atoms. The second kappa shape index (κ2) is 3.76. The molecule has 0 unspecified atom stereocenters. The Bertz CT molecular complexity index is 549. The molecular weight excluding hydrogens is 219 g/mol. The minimum absolute atomic E-state index is 0.375. The summed E-state index contributed by atoms with van der Waals surface area (Å²) in [6.07, 6.45) is 3.44. The summed E-state index contributed by atoms with van der Waals surface area (Å²) in [4.78, 5) is 12.5. The molecule has 0 atom stereocenters. The molecule has 2 N–H and O–H groups in total. The van der Waals surface area contributed by atoms with Crippen molar-refractivity contribution in [3.8, 4) is 11.5 Å². The third kappa shape index (κ3) is 2.08. The lowest BCUT2D eigenvalue weighted by atomic mass is 10.2. The lowest BCUT2D eigenvalue weighted by Gasteiger charge is -2.04. The molecule has 17 heavy (non-hydrogen) atoms. The SMILES string of the molecule is Nc1cc(C2CC2)nc(-c2ccc(F)cn2)n1. The van der Waals surface area contributed by atoms with E-state index in [-0.39, 0.29) is 5.82 Å². The Morgan fingerprint density at radius 1 is 1.24 bits per heavy atom. The molecule has 0 amide bonds. The molecule has 2 aromatic heterocycles. The van der Waals surface area contributed by atoms with Gasteiger partial charge in [-0.1, -0.05) is 0 Å². The average Bonchev–Trinajstić information content (AvgIpc) is 3.13. The Hall–Kier alpha value is -2.04. The maximum absolute atomic E-state index is 12.8. The first-order valence-corrected chi connectivity index (χ1v) is 5.49. The van der Waals surface area contributed by atoms with Gasteiger partial charge in [0.1, 0.15) is 17.3 Å². The predicted octanol–water partition coefficient (Wildman–Crippen LogP) is 2.14. The minimum atomic E-state index is -0.375. The van der Waals surface area contributed by atoms with Crippen LogP contribution in [0, 0.1) is 5.82 Å². The van der Waals surface area contributed by atoms with Gasteiger partial charge in [-0.15, -0.1) is 0 Å². The third-order valence-corrected chi connectivity index (χ3v) is 2.72. The first kappa shape index (κ1) is 10.1. The van der Waals surface area contributed by atoms with Gasteiger partial charge in [-0.2, -0.15) is 0 Å². The first-order chi connectivity index (χ1) is 8.22. The lowest BCUT2D eigenvalue weighted by Crippen LogP contribution is -2.00. The summed E-state index contributed by atoms with van der Waals surface area (Å²) in [5.41, 5.74) is 7.24. The summed E-state index contributed by atoms with van der Waals surface area (Å²) in [6, 6.07) is 4.69. The normalized spacial score (nSPS) is 14.9. The molecular formula is C12H11FN4. The van der Waals surface area contributed by atoms with Crippen molar-refractivity contribution >= 4 is 5.82 Å². The molecule has 1 aliphatic carbocycles. The summed E-state index contributed by atoms with van der Waals surface area (Å²) in [6.45, 7) is 0. The number of aromatic nitrogens is 3. The van der Waals surface area contributed by atoms with E-state index >= 15 is 0 Å². The predicted molar refractivity (Wildman–Crippen MR) is 61.6 cm³/mol. The van der Waals surface area contributed by atoms with E-state index in [4.69, 9.17) is 5.73 Å². The highest BCUT2D eigenvalue weighted by Crippen LogP contribution is 2.39. The van der Waals surface area contributed by atoms with E-state index in [1.807, 2.05) is 0 Å². The van der Waals surface area contributed by atoms with Gasteiger partial charge < -0.3 is 5.73 Å². The van der Waals surface area contributed by atoms with Crippen molar-refractivity contribution in [3.05, 3.63) is 35.9 Å². The van der Waals surface area contributed by atoms with E-state index < -0.39 is 0 Å². The fourth-order valence-electron chi connectivity index (χ4n) is 1.70. The molecule has 86 valence electrons. The van der Waals surface area contributed by atoms with Crippen LogP contribution < -0.4 is 5.73 Å². The van der Waals surface area contributed by atoms with Crippen LogP contribution in [0.5, 0.6) is 0 Å². The second-order valence-electron chi connectivity index (χ2n) is 4.18. The molecule has 0 aliphatic heterocycles. The molecule has 5 heteroatoms. The van der Waals surface area contributed by atoms with Crippen molar-refractivity contribution in [1.29, 1.82) is 0 Å². The number of rotatable bonds is 2. The number of pyridine rings is 1. The van der Waals surface area contributed by atoms with Gasteiger partial charge in [-0.3, -0.25) is 0 Å². The molecule has 0 saturated heterocycles. The number of nitrogens with zero attached hydrogens (tertiary/aromatic N) is 3. The van der Waals surface area contributed by atoms with Crippen molar-refractivity contribution in [1.82, 2.24) is 15.0 Å². The second-order valence-corrected chi connectivity index (χ2v) is 4.18. The molecule has 1 aliphatic rings. The molecule has 4 nitrogen and oxygen atoms in total. The quantitative estimate of drug-likeness (QED) is 0.858. The summed E-state index contributed by atoms with van der Waals surface area (Å²) in [5, 5.41) is 0. The molecule has 3 rings (SSSR count). The van der Waals surface area contributed by atoms with Gasteiger partial charge in [-0.05, 0) is 25.0 Å². The largest absolute Gasteiger partial charge is 0.384 e. The van der Waals surface area contributed by atoms with Gasteiger partial charge in [0.15, 0.2) is 5.82 Å². The number of anilines is 1. The van der Waals surface area contributed by atoms with Gasteiger partial charge in [0, 0.05) is 17.7 Å². The standard InChI is InChI=1S/C12H11FN4/c13-8-3-4-9(15-6-8)12-16-10(7-1-2-7)5-11(14)17-12/h3-7H,1-2H2,(H2,14,16,17). The fraction of sp³-hybridized carbons (Fsp3) is 0.250. The zero-order valence-corrected chi connectivity index (χ0v) is 9.10. The molecule has 2 heterocycles. The van der Waals surface area contributed by atoms with Gasteiger partial charge >= 0.3 is 0 Å². The highest BCUT2D eigenvalue weighted by Gasteiger charge is 2.26. The zero-order chi connectivity index (χ0) is 11.8. The van der Waals surface area contributed by atoms with Crippen LogP contribution in [0.25, 0.3) is 11.5 Å². The van der Waals surface area contributed by atoms with Crippen LogP contribution >= 0.6 is 0 Å². The van der Waals surface area contributed by atoms with E-state index in [0.717, 1.165) is 24.7 Å². The van der Waals surface area contributed by atoms with Crippen molar-refractivity contribution in [2.45, 2.75) is 18.8 Å². The van der Waals surface area contributed by atoms with Crippen LogP contribution in [0.15, 0.2) is 24.4 Å². The number of halogens is 1. The number of nitrogens with two attached hydrogens (primary N) is 1. The molecule has 0 radical (unpaired) electrons. The van der Waals surface area contributed by atoms with Crippen LogP contribution in [0.4, 0.5) is 10.2 Å². The highest BCUT2D eigenvalue weighted by atomic mass is 19.1. The van der Waals surface area contributed by atoms with Crippen LogP contribution in [-0.4, -0.2) is 15.0 Å². The number of hydrogen-bond donors (Lipinski definition) is 1. The van der Waals surface area contributed by atoms with Gasteiger partial charge in [0.05, 0.1) is 6.20 Å². The van der Waals surface area contributed by atoms with Crippen molar-refractivity contribution < 1.29 is 4.39 Å². The van der Waals surface area contributed by atoms with Crippen molar-refractivity contribution in [2.75, 3.05) is 5.73 Å². The highest BCUT2D eigenvalue weighted by molar-refractivity contribution is 5.52. The first-order valence-electron chi connectivity index (χ1n) is 5.49. The molecule has 1 fully saturated rings. The summed E-state index contributed by atoms with van der Waals surface area (Å²) in [5.74, 6) is 1.02. The fourth-order valence-corrected chi connectivity index (χ4v) is 1.70. The molecule has 2 aromatic rings. The van der Waals surface area contributed by atoms with Crippen LogP contribution in [0.1, 0.15) is 24.5 Å². The topological polar surface area (TPSA) is 64.7 Å².